The standard InChI is InChI=1S/C20H15F3N2O2/c1-10-15(12-7-3-5-9-14(12)24-10)17-16(18(26)25-19(17)27)11-6-2-4-8-13(11)20(21,22)23/h2-9,19,24,27H,1H3,(H,25,26). The van der Waals surface area contributed by atoms with Gasteiger partial charge in [0, 0.05) is 27.7 Å². The van der Waals surface area contributed by atoms with Crippen molar-refractivity contribution in [3.05, 3.63) is 70.9 Å². The molecule has 0 fully saturated rings. The molecule has 1 atom stereocenters. The van der Waals surface area contributed by atoms with E-state index in [2.05, 4.69) is 10.3 Å². The number of rotatable bonds is 2. The minimum absolute atomic E-state index is 0.145. The van der Waals surface area contributed by atoms with Crippen LogP contribution in [-0.4, -0.2) is 22.2 Å². The van der Waals surface area contributed by atoms with Gasteiger partial charge in [-0.15, -0.1) is 0 Å². The molecule has 0 radical (unpaired) electrons. The van der Waals surface area contributed by atoms with Crippen LogP contribution < -0.4 is 5.32 Å². The molecule has 27 heavy (non-hydrogen) atoms. The number of aliphatic hydroxyl groups excluding tert-OH is 1. The van der Waals surface area contributed by atoms with Gasteiger partial charge in [0.2, 0.25) is 0 Å². The van der Waals surface area contributed by atoms with Crippen LogP contribution in [0.4, 0.5) is 13.2 Å². The molecule has 1 unspecified atom stereocenters. The van der Waals surface area contributed by atoms with E-state index in [9.17, 15) is 23.1 Å². The highest BCUT2D eigenvalue weighted by Crippen LogP contribution is 2.42. The topological polar surface area (TPSA) is 65.1 Å². The van der Waals surface area contributed by atoms with E-state index in [4.69, 9.17) is 0 Å². The maximum Gasteiger partial charge on any atom is 0.417 e. The first kappa shape index (κ1) is 17.4. The van der Waals surface area contributed by atoms with Crippen molar-refractivity contribution in [1.82, 2.24) is 10.3 Å². The number of carbonyl (C=O) groups is 1. The summed E-state index contributed by atoms with van der Waals surface area (Å²) in [7, 11) is 0. The molecule has 1 amide bonds. The van der Waals surface area contributed by atoms with Crippen LogP contribution >= 0.6 is 0 Å². The number of aromatic nitrogens is 1. The maximum absolute atomic E-state index is 13.5. The molecule has 2 aromatic carbocycles. The maximum atomic E-state index is 13.5. The smallest absolute Gasteiger partial charge is 0.369 e. The highest BCUT2D eigenvalue weighted by Gasteiger charge is 2.40. The summed E-state index contributed by atoms with van der Waals surface area (Å²) in [5.74, 6) is -0.737. The molecule has 2 heterocycles. The van der Waals surface area contributed by atoms with Crippen molar-refractivity contribution >= 4 is 28.0 Å². The van der Waals surface area contributed by atoms with Crippen LogP contribution in [0, 0.1) is 6.92 Å². The molecule has 7 heteroatoms. The molecule has 138 valence electrons. The van der Waals surface area contributed by atoms with Gasteiger partial charge in [-0.1, -0.05) is 36.4 Å². The van der Waals surface area contributed by atoms with Gasteiger partial charge in [0.15, 0.2) is 6.23 Å². The van der Waals surface area contributed by atoms with Crippen LogP contribution in [0.1, 0.15) is 22.4 Å². The molecule has 0 spiro atoms. The zero-order valence-electron chi connectivity index (χ0n) is 14.2. The second-order valence-electron chi connectivity index (χ2n) is 6.38. The van der Waals surface area contributed by atoms with E-state index >= 15 is 0 Å². The van der Waals surface area contributed by atoms with E-state index in [-0.39, 0.29) is 16.7 Å². The number of nitrogens with one attached hydrogen (secondary N) is 2. The minimum Gasteiger partial charge on any atom is -0.369 e. The summed E-state index contributed by atoms with van der Waals surface area (Å²) in [5, 5.41) is 13.5. The fourth-order valence-electron chi connectivity index (χ4n) is 3.63. The molecule has 0 saturated carbocycles. The first-order chi connectivity index (χ1) is 12.8. The first-order valence-corrected chi connectivity index (χ1v) is 8.26. The molecule has 4 rings (SSSR count). The summed E-state index contributed by atoms with van der Waals surface area (Å²) in [6.45, 7) is 1.76. The van der Waals surface area contributed by atoms with Crippen LogP contribution in [0.5, 0.6) is 0 Å². The lowest BCUT2D eigenvalue weighted by Crippen LogP contribution is -2.28. The normalized spacial score (nSPS) is 17.7. The molecule has 1 aliphatic rings. The molecule has 0 aliphatic carbocycles. The van der Waals surface area contributed by atoms with Crippen molar-refractivity contribution in [3.8, 4) is 0 Å². The highest BCUT2D eigenvalue weighted by atomic mass is 19.4. The number of benzene rings is 2. The van der Waals surface area contributed by atoms with Gasteiger partial charge in [-0.3, -0.25) is 4.79 Å². The van der Waals surface area contributed by atoms with Crippen LogP contribution in [0.25, 0.3) is 22.0 Å². The van der Waals surface area contributed by atoms with Crippen molar-refractivity contribution in [2.45, 2.75) is 19.3 Å². The first-order valence-electron chi connectivity index (χ1n) is 8.26. The van der Waals surface area contributed by atoms with Crippen molar-refractivity contribution < 1.29 is 23.1 Å². The average Bonchev–Trinajstić information content (AvgIpc) is 3.08. The molecular weight excluding hydrogens is 357 g/mol. The lowest BCUT2D eigenvalue weighted by molar-refractivity contribution is -0.137. The third kappa shape index (κ3) is 2.71. The predicted molar refractivity (Wildman–Crippen MR) is 95.4 cm³/mol. The molecule has 4 nitrogen and oxygen atoms in total. The Labute approximate surface area is 152 Å². The summed E-state index contributed by atoms with van der Waals surface area (Å²) >= 11 is 0. The third-order valence-corrected chi connectivity index (χ3v) is 4.70. The molecule has 0 bridgehead atoms. The number of carbonyl (C=O) groups excluding carboxylic acids is 1. The number of alkyl halides is 3. The van der Waals surface area contributed by atoms with Crippen LogP contribution in [-0.2, 0) is 11.0 Å². The molecular formula is C20H15F3N2O2. The number of amides is 1. The summed E-state index contributed by atoms with van der Waals surface area (Å²) in [4.78, 5) is 15.7. The summed E-state index contributed by atoms with van der Waals surface area (Å²) in [6, 6.07) is 12.1. The number of hydrogen-bond donors (Lipinski definition) is 3. The zero-order chi connectivity index (χ0) is 19.3. The molecule has 3 aromatic rings. The number of aliphatic hydroxyl groups is 1. The second-order valence-corrected chi connectivity index (χ2v) is 6.38. The van der Waals surface area contributed by atoms with Crippen molar-refractivity contribution in [2.75, 3.05) is 0 Å². The lowest BCUT2D eigenvalue weighted by Gasteiger charge is -2.14. The van der Waals surface area contributed by atoms with Gasteiger partial charge < -0.3 is 15.4 Å². The molecule has 0 saturated heterocycles. The Morgan fingerprint density at radius 1 is 1.04 bits per heavy atom. The van der Waals surface area contributed by atoms with Gasteiger partial charge in [-0.25, -0.2) is 0 Å². The summed E-state index contributed by atoms with van der Waals surface area (Å²) < 4.78 is 40.5. The largest absolute Gasteiger partial charge is 0.417 e. The highest BCUT2D eigenvalue weighted by molar-refractivity contribution is 6.32. The van der Waals surface area contributed by atoms with Crippen LogP contribution in [0.2, 0.25) is 0 Å². The van der Waals surface area contributed by atoms with Gasteiger partial charge >= 0.3 is 6.18 Å². The van der Waals surface area contributed by atoms with E-state index in [1.807, 2.05) is 12.1 Å². The Balaban J connectivity index is 2.07. The fraction of sp³-hybridized carbons (Fsp3) is 0.150. The van der Waals surface area contributed by atoms with E-state index in [1.165, 1.54) is 18.2 Å². The van der Waals surface area contributed by atoms with Crippen LogP contribution in [0.15, 0.2) is 48.5 Å². The van der Waals surface area contributed by atoms with Crippen molar-refractivity contribution in [3.63, 3.8) is 0 Å². The number of aromatic amines is 1. The average molecular weight is 372 g/mol. The monoisotopic (exact) mass is 372 g/mol. The number of aryl methyl sites for hydroxylation is 1. The Hall–Kier alpha value is -3.06. The zero-order valence-corrected chi connectivity index (χ0v) is 14.2. The van der Waals surface area contributed by atoms with Gasteiger partial charge in [-0.2, -0.15) is 13.2 Å². The molecule has 3 N–H and O–H groups in total. The molecule has 1 aliphatic heterocycles. The summed E-state index contributed by atoms with van der Waals surface area (Å²) in [6.07, 6.45) is -6.02. The van der Waals surface area contributed by atoms with Crippen molar-refractivity contribution in [1.29, 1.82) is 0 Å². The quantitative estimate of drug-likeness (QED) is 0.640. The third-order valence-electron chi connectivity index (χ3n) is 4.70. The van der Waals surface area contributed by atoms with Gasteiger partial charge in [0.25, 0.3) is 5.91 Å². The van der Waals surface area contributed by atoms with Crippen LogP contribution in [0.3, 0.4) is 0 Å². The van der Waals surface area contributed by atoms with Gasteiger partial charge in [-0.05, 0) is 24.6 Å². The number of hydrogen-bond acceptors (Lipinski definition) is 2. The van der Waals surface area contributed by atoms with E-state index in [0.29, 0.717) is 11.3 Å². The van der Waals surface area contributed by atoms with E-state index in [0.717, 1.165) is 17.0 Å². The Morgan fingerprint density at radius 2 is 1.70 bits per heavy atom. The van der Waals surface area contributed by atoms with Crippen molar-refractivity contribution in [2.24, 2.45) is 0 Å². The Kier molecular flexibility index (Phi) is 3.85. The number of H-pyrrole nitrogens is 1. The Bertz CT molecular complexity index is 1100. The van der Waals surface area contributed by atoms with Gasteiger partial charge in [0.05, 0.1) is 11.1 Å². The Morgan fingerprint density at radius 3 is 2.44 bits per heavy atom. The van der Waals surface area contributed by atoms with E-state index < -0.39 is 23.9 Å². The number of fused-ring (bicyclic) bond motifs is 1. The fourth-order valence-corrected chi connectivity index (χ4v) is 3.63. The SMILES string of the molecule is Cc1[nH]c2ccccc2c1C1=C(c2ccccc2C(F)(F)F)C(=O)NC1O. The van der Waals surface area contributed by atoms with Gasteiger partial charge in [0.1, 0.15) is 0 Å². The number of para-hydroxylation sites is 1. The molecule has 1 aromatic heterocycles. The summed E-state index contributed by atoms with van der Waals surface area (Å²) in [5.41, 5.74) is 0.771. The lowest BCUT2D eigenvalue weighted by atomic mass is 9.91. The minimum atomic E-state index is -4.63. The predicted octanol–water partition coefficient (Wildman–Crippen LogP) is 3.85. The second kappa shape index (κ2) is 5.99. The van der Waals surface area contributed by atoms with E-state index in [1.54, 1.807) is 19.1 Å². The number of halogens is 3.